The summed E-state index contributed by atoms with van der Waals surface area (Å²) in [6.45, 7) is 7.62. The zero-order chi connectivity index (χ0) is 68.2. The predicted octanol–water partition coefficient (Wildman–Crippen LogP) is 6.96. The summed E-state index contributed by atoms with van der Waals surface area (Å²) in [7, 11) is 0. The van der Waals surface area contributed by atoms with Gasteiger partial charge < -0.3 is 62.9 Å². The summed E-state index contributed by atoms with van der Waals surface area (Å²) in [5.74, 6) is -5.69. The second kappa shape index (κ2) is 34.9. The molecule has 8 amide bonds. The number of benzene rings is 4. The number of nitrogens with zero attached hydrogens (tertiary/aromatic N) is 1. The highest BCUT2D eigenvalue weighted by atomic mass is 32.2. The first-order chi connectivity index (χ1) is 45.7. The number of thioether (sulfide) groups is 2. The van der Waals surface area contributed by atoms with Crippen molar-refractivity contribution in [3.05, 3.63) is 137 Å². The molecule has 2 aliphatic rings. The summed E-state index contributed by atoms with van der Waals surface area (Å²) in [4.78, 5) is 139. The lowest BCUT2D eigenvalue weighted by Crippen LogP contribution is -2.62. The fourth-order valence-corrected chi connectivity index (χ4v) is 13.9. The topological polar surface area (TPSA) is 319 Å². The van der Waals surface area contributed by atoms with Crippen LogP contribution in [0.4, 0.5) is 8.78 Å². The van der Waals surface area contributed by atoms with E-state index in [1.807, 2.05) is 25.1 Å². The minimum Gasteiger partial charge on any atom is -0.508 e. The maximum atomic E-state index is 15.2. The van der Waals surface area contributed by atoms with Gasteiger partial charge in [0.2, 0.25) is 47.3 Å². The highest BCUT2D eigenvalue weighted by Crippen LogP contribution is 2.32. The van der Waals surface area contributed by atoms with Crippen LogP contribution in [0.2, 0.25) is 0 Å². The lowest BCUT2D eigenvalue weighted by molar-refractivity contribution is -0.146. The van der Waals surface area contributed by atoms with Crippen molar-refractivity contribution in [1.29, 1.82) is 0 Å². The third kappa shape index (κ3) is 20.1. The molecule has 95 heavy (non-hydrogen) atoms. The molecule has 1 unspecified atom stereocenters. The molecule has 25 heteroatoms. The van der Waals surface area contributed by atoms with Gasteiger partial charge in [0.25, 0.3) is 0 Å². The molecule has 2 bridgehead atoms. The van der Waals surface area contributed by atoms with Crippen LogP contribution in [0.1, 0.15) is 126 Å². The maximum absolute atomic E-state index is 15.2. The molecule has 0 aliphatic carbocycles. The summed E-state index contributed by atoms with van der Waals surface area (Å²) >= 11 is 3.18. The zero-order valence-electron chi connectivity index (χ0n) is 54.3. The van der Waals surface area contributed by atoms with Gasteiger partial charge in [-0.25, -0.2) is 8.78 Å². The predicted molar refractivity (Wildman–Crippen MR) is 365 cm³/mol. The van der Waals surface area contributed by atoms with E-state index in [1.165, 1.54) is 60.4 Å². The van der Waals surface area contributed by atoms with Crippen molar-refractivity contribution in [3.63, 3.8) is 0 Å². The quantitative estimate of drug-likeness (QED) is 0.0492. The minimum absolute atomic E-state index is 0.0116. The van der Waals surface area contributed by atoms with E-state index in [-0.39, 0.29) is 69.1 Å². The van der Waals surface area contributed by atoms with Crippen LogP contribution in [0.25, 0.3) is 21.8 Å². The van der Waals surface area contributed by atoms with Crippen LogP contribution in [-0.4, -0.2) is 146 Å². The molecule has 2 aliphatic heterocycles. The first-order valence-electron chi connectivity index (χ1n) is 32.8. The van der Waals surface area contributed by atoms with Crippen molar-refractivity contribution >= 4 is 98.4 Å². The highest BCUT2D eigenvalue weighted by molar-refractivity contribution is 7.98. The van der Waals surface area contributed by atoms with Crippen molar-refractivity contribution < 1.29 is 57.0 Å². The molecular weight excluding hydrogens is 1260 g/mol. The van der Waals surface area contributed by atoms with Gasteiger partial charge in [-0.2, -0.15) is 23.5 Å². The van der Waals surface area contributed by atoms with E-state index in [9.17, 15) is 47.4 Å². The molecule has 1 saturated heterocycles. The summed E-state index contributed by atoms with van der Waals surface area (Å²) in [5.41, 5.74) is 9.20. The van der Waals surface area contributed by atoms with E-state index in [0.29, 0.717) is 113 Å². The van der Waals surface area contributed by atoms with Crippen molar-refractivity contribution in [2.75, 3.05) is 31.1 Å². The van der Waals surface area contributed by atoms with Gasteiger partial charge in [0.05, 0.1) is 6.04 Å². The molecule has 1 fully saturated rings. The molecule has 0 saturated carbocycles. The first kappa shape index (κ1) is 72.5. The number of aromatic nitrogens is 2. The summed E-state index contributed by atoms with van der Waals surface area (Å²) in [6.07, 6.45) is 5.57. The van der Waals surface area contributed by atoms with Crippen LogP contribution in [-0.2, 0) is 73.9 Å². The number of nitrogens with one attached hydrogen (secondary N) is 9. The highest BCUT2D eigenvalue weighted by Gasteiger charge is 2.48. The summed E-state index contributed by atoms with van der Waals surface area (Å²) in [5, 5.41) is 31.0. The first-order valence-corrected chi connectivity index (χ1v) is 35.1. The molecule has 0 radical (unpaired) electrons. The number of hydrogen-bond donors (Lipinski definition) is 11. The van der Waals surface area contributed by atoms with Crippen LogP contribution >= 0.6 is 23.5 Å². The molecule has 6 aromatic rings. The van der Waals surface area contributed by atoms with Gasteiger partial charge >= 0.3 is 0 Å². The number of unbranched alkanes of at least 4 members (excludes halogenated alkanes) is 2. The number of halogens is 2. The van der Waals surface area contributed by atoms with Crippen LogP contribution in [0.3, 0.4) is 0 Å². The van der Waals surface area contributed by atoms with Gasteiger partial charge in [0.15, 0.2) is 5.78 Å². The molecule has 8 atom stereocenters. The van der Waals surface area contributed by atoms with Crippen molar-refractivity contribution in [1.82, 2.24) is 52.1 Å². The van der Waals surface area contributed by atoms with Crippen molar-refractivity contribution in [2.24, 2.45) is 11.7 Å². The molecule has 4 heterocycles. The Labute approximate surface area is 560 Å². The monoisotopic (exact) mass is 1350 g/mol. The number of Topliss-reactive ketones (excluding diaryl/α,β-unsaturated/α-hetero) is 1. The van der Waals surface area contributed by atoms with Gasteiger partial charge in [-0.3, -0.25) is 43.2 Å². The molecule has 12 N–H and O–H groups in total. The summed E-state index contributed by atoms with van der Waals surface area (Å²) < 4.78 is 29.8. The van der Waals surface area contributed by atoms with E-state index >= 15 is 9.59 Å². The molecule has 510 valence electrons. The Kier molecular flexibility index (Phi) is 26.7. The van der Waals surface area contributed by atoms with E-state index in [1.54, 1.807) is 61.9 Å². The Morgan fingerprint density at radius 3 is 1.86 bits per heavy atom. The standard InChI is InChI=1S/C70H89F2N11O10S2/c1-5-7-14-58-66(90)79-54(6-2)64(88)82-60(32-43-16-20-51(84)21-17-43)68(92)83-28-11-25-70(83,4)69(93)74-27-30-95-41-45-13-10-12-44(31-45)40-94-29-24-62(86)78-57(15-8-9-26-73)65(89)77-42(3)61(85)35-46(33-47-38-75-55-22-18-49(71)36-52(47)55)63(87)81-59(67(91)80-58)34-48-39-76-56-23-19-50(72)37-53(48)56/h10,12-13,16-23,31,36-39,42,46,54,57-60,75-76,84H,5-9,11,14-15,24-30,32-35,40-41,73H2,1-4H3,(H,74,93)(H,77,89)(H,78,86)(H,79,90)(H,80,91)(H,81,87)(H,82,88)/t42-,46-,54?,57+,58+,59+,60+,70+/m1/s1. The third-order valence-electron chi connectivity index (χ3n) is 17.7. The van der Waals surface area contributed by atoms with Crippen LogP contribution in [0.15, 0.2) is 97.3 Å². The maximum Gasteiger partial charge on any atom is 0.246 e. The SMILES string of the molecule is CCCC[C@@H]1NC(=O)[C@H](Cc2c[nH]c3ccc(F)cc23)NC(=O)[C@H](Cc2c[nH]c3ccc(F)cc23)CC(=O)[C@@H](C)NC(=O)[C@H](CCCCN)NC(=O)CCSCc2cccc(c2)CSCCNC(=O)[C@]2(C)CCCN2C(=O)[C@H](Cc2ccc(O)cc2)NC(=O)C(CC)NC1=O. The number of carbonyl (C=O) groups is 9. The smallest absolute Gasteiger partial charge is 0.246 e. The fourth-order valence-electron chi connectivity index (χ4n) is 12.2. The number of rotatable bonds is 14. The molecule has 0 spiro atoms. The molecule has 8 rings (SSSR count). The lowest BCUT2D eigenvalue weighted by Gasteiger charge is -2.36. The number of phenolic OH excluding ortho intramolecular Hbond substituents is 1. The molecule has 4 aromatic carbocycles. The average molecular weight is 1350 g/mol. The van der Waals surface area contributed by atoms with Gasteiger partial charge in [0, 0.05) is 102 Å². The largest absolute Gasteiger partial charge is 0.508 e. The van der Waals surface area contributed by atoms with E-state index in [4.69, 9.17) is 5.73 Å². The lowest BCUT2D eigenvalue weighted by atomic mass is 9.90. The number of fused-ring (bicyclic) bond motifs is 5. The van der Waals surface area contributed by atoms with Crippen molar-refractivity contribution in [2.45, 2.75) is 171 Å². The second-order valence-electron chi connectivity index (χ2n) is 24.9. The Morgan fingerprint density at radius 1 is 0.632 bits per heavy atom. The van der Waals surface area contributed by atoms with Crippen LogP contribution in [0.5, 0.6) is 5.75 Å². The summed E-state index contributed by atoms with van der Waals surface area (Å²) in [6, 6.07) is 14.9. The Hall–Kier alpha value is -8.29. The Bertz CT molecular complexity index is 3680. The van der Waals surface area contributed by atoms with Gasteiger partial charge in [0.1, 0.15) is 53.1 Å². The van der Waals surface area contributed by atoms with Gasteiger partial charge in [-0.15, -0.1) is 0 Å². The minimum atomic E-state index is -1.50. The normalized spacial score (nSPS) is 23.6. The van der Waals surface area contributed by atoms with E-state index in [0.717, 1.165) is 11.1 Å². The Morgan fingerprint density at radius 2 is 1.21 bits per heavy atom. The van der Waals surface area contributed by atoms with E-state index < -0.39 is 107 Å². The van der Waals surface area contributed by atoms with Crippen LogP contribution in [0, 0.1) is 17.6 Å². The number of carbonyl (C=O) groups excluding carboxylic acids is 9. The number of aromatic amines is 2. The number of amides is 8. The van der Waals surface area contributed by atoms with E-state index in [2.05, 4.69) is 53.3 Å². The molecule has 2 aromatic heterocycles. The van der Waals surface area contributed by atoms with Crippen LogP contribution < -0.4 is 43.0 Å². The number of hydrogen-bond acceptors (Lipinski definition) is 13. The zero-order valence-corrected chi connectivity index (χ0v) is 56.0. The van der Waals surface area contributed by atoms with Crippen molar-refractivity contribution in [3.8, 4) is 5.75 Å². The fraction of sp³-hybridized carbons (Fsp3) is 0.471. The third-order valence-corrected chi connectivity index (χ3v) is 19.7. The number of aromatic hydroxyl groups is 1. The second-order valence-corrected chi connectivity index (χ2v) is 27.1. The number of H-pyrrole nitrogens is 2. The number of ketones is 1. The van der Waals surface area contributed by atoms with Gasteiger partial charge in [-0.1, -0.05) is 63.1 Å². The Balaban J connectivity index is 1.11. The number of nitrogens with two attached hydrogens (primary N) is 1. The average Bonchev–Trinajstić information content (AvgIpc) is 1.70. The van der Waals surface area contributed by atoms with Gasteiger partial charge in [-0.05, 0) is 148 Å². The number of phenols is 1. The molecule has 21 nitrogen and oxygen atoms in total. The molecular formula is C70H89F2N11O10S2.